The molecule has 1 aromatic rings. The van der Waals surface area contributed by atoms with E-state index < -0.39 is 65.8 Å². The summed E-state index contributed by atoms with van der Waals surface area (Å²) in [6, 6.07) is 5.00. The molecule has 0 aromatic heterocycles. The monoisotopic (exact) mass is 828 g/mol. The largest absolute Gasteiger partial charge is 0.379 e. The van der Waals surface area contributed by atoms with E-state index in [2.05, 4.69) is 26.0 Å². The summed E-state index contributed by atoms with van der Waals surface area (Å²) in [5.74, 6) is -2.64. The van der Waals surface area contributed by atoms with Gasteiger partial charge in [0.2, 0.25) is 29.5 Å². The molecule has 10 atom stereocenters. The van der Waals surface area contributed by atoms with Crippen molar-refractivity contribution in [3.05, 3.63) is 46.3 Å². The van der Waals surface area contributed by atoms with Crippen molar-refractivity contribution < 1.29 is 33.4 Å². The number of carbonyl (C=O) groups excluding carboxylic acids is 5. The number of azide groups is 1. The number of carbonyl (C=O) groups is 5. The molecular formula is C43H73N9O7. The van der Waals surface area contributed by atoms with Crippen molar-refractivity contribution >= 4 is 29.5 Å². The second kappa shape index (κ2) is 23.5. The van der Waals surface area contributed by atoms with Gasteiger partial charge in [0, 0.05) is 44.7 Å². The van der Waals surface area contributed by atoms with Crippen molar-refractivity contribution in [1.82, 2.24) is 30.7 Å². The maximum atomic E-state index is 14.4. The third-order valence-corrected chi connectivity index (χ3v) is 11.4. The first-order valence-corrected chi connectivity index (χ1v) is 20.9. The SMILES string of the molecule is CCC(C)C(C(CC(=O)N1CCC[C@H]1C(OC)C(C)C(=O)NC(Cc1ccccc1)C(=O)NC(C)(C)C)OC)N(C)C(=O)C(NC(=O)C(C(C)C)N(C)C)C(C)N=[N+]=[N-]. The molecule has 16 heteroatoms. The van der Waals surface area contributed by atoms with Gasteiger partial charge < -0.3 is 35.2 Å². The van der Waals surface area contributed by atoms with Crippen molar-refractivity contribution in [2.45, 2.75) is 148 Å². The van der Waals surface area contributed by atoms with Crippen LogP contribution >= 0.6 is 0 Å². The van der Waals surface area contributed by atoms with E-state index >= 15 is 0 Å². The van der Waals surface area contributed by atoms with Gasteiger partial charge in [0.1, 0.15) is 12.1 Å². The van der Waals surface area contributed by atoms with Crippen LogP contribution in [-0.4, -0.2) is 140 Å². The lowest BCUT2D eigenvalue weighted by Crippen LogP contribution is -2.60. The zero-order chi connectivity index (χ0) is 44.8. The number of ether oxygens (including phenoxy) is 2. The fraction of sp³-hybridized carbons (Fsp3) is 0.744. The number of amides is 5. The van der Waals surface area contributed by atoms with Gasteiger partial charge in [0.15, 0.2) is 0 Å². The van der Waals surface area contributed by atoms with Gasteiger partial charge in [0.05, 0.1) is 48.7 Å². The van der Waals surface area contributed by atoms with Gasteiger partial charge in [-0.3, -0.25) is 28.9 Å². The number of likely N-dealkylation sites (tertiary alicyclic amines) is 1. The first-order chi connectivity index (χ1) is 27.6. The molecule has 1 fully saturated rings. The smallest absolute Gasteiger partial charge is 0.245 e. The third-order valence-electron chi connectivity index (χ3n) is 11.4. The van der Waals surface area contributed by atoms with Crippen molar-refractivity contribution in [1.29, 1.82) is 0 Å². The third kappa shape index (κ3) is 14.5. The molecule has 1 saturated heterocycles. The van der Waals surface area contributed by atoms with E-state index in [-0.39, 0.29) is 41.9 Å². The van der Waals surface area contributed by atoms with Crippen LogP contribution in [0.4, 0.5) is 0 Å². The molecular weight excluding hydrogens is 755 g/mol. The second-order valence-electron chi connectivity index (χ2n) is 17.7. The molecule has 1 aromatic carbocycles. The van der Waals surface area contributed by atoms with Gasteiger partial charge >= 0.3 is 0 Å². The summed E-state index contributed by atoms with van der Waals surface area (Å²) < 4.78 is 12.0. The Balaban J connectivity index is 2.36. The standard InChI is InChI=1S/C43H73N9O7/c1-15-27(4)37(51(12)42(57)35(29(6)48-49-44)46-41(56)36(26(2)3)50(10)11)33(58-13)25-34(53)52-23-19-22-32(52)38(59-14)28(5)39(54)45-31(40(55)47-43(7,8)9)24-30-20-17-16-18-21-30/h16-18,20-21,26-29,31-33,35-38H,15,19,22-25H2,1-14H3,(H,45,54)(H,46,56)(H,47,55)/t27?,28?,29?,31?,32-,33?,35?,36?,37?,38?/m0/s1. The number of nitrogens with one attached hydrogen (secondary N) is 3. The highest BCUT2D eigenvalue weighted by Crippen LogP contribution is 2.30. The molecule has 0 saturated carbocycles. The Labute approximate surface area is 352 Å². The number of methoxy groups -OCH3 is 2. The van der Waals surface area contributed by atoms with Gasteiger partial charge in [-0.05, 0) is 70.6 Å². The highest BCUT2D eigenvalue weighted by Gasteiger charge is 2.44. The second-order valence-corrected chi connectivity index (χ2v) is 17.7. The Bertz CT molecular complexity index is 1570. The molecule has 0 spiro atoms. The van der Waals surface area contributed by atoms with Gasteiger partial charge in [-0.15, -0.1) is 0 Å². The lowest BCUT2D eigenvalue weighted by molar-refractivity contribution is -0.147. The summed E-state index contributed by atoms with van der Waals surface area (Å²) in [6.07, 6.45) is 0.762. The van der Waals surface area contributed by atoms with Crippen LogP contribution in [0.1, 0.15) is 93.6 Å². The van der Waals surface area contributed by atoms with Crippen LogP contribution in [0.2, 0.25) is 0 Å². The van der Waals surface area contributed by atoms with Gasteiger partial charge in [-0.2, -0.15) is 0 Å². The molecule has 3 N–H and O–H groups in total. The van der Waals surface area contributed by atoms with Crippen LogP contribution in [0, 0.1) is 17.8 Å². The fourth-order valence-corrected chi connectivity index (χ4v) is 8.25. The highest BCUT2D eigenvalue weighted by atomic mass is 16.5. The Kier molecular flexibility index (Phi) is 20.3. The normalized spacial score (nSPS) is 19.0. The highest BCUT2D eigenvalue weighted by molar-refractivity contribution is 5.91. The number of nitrogens with zero attached hydrogens (tertiary/aromatic N) is 6. The molecule has 2 rings (SSSR count). The number of hydrogen-bond donors (Lipinski definition) is 3. The Hall–Kier alpha value is -4.24. The summed E-state index contributed by atoms with van der Waals surface area (Å²) in [4.78, 5) is 77.6. The van der Waals surface area contributed by atoms with Crippen molar-refractivity contribution in [3.8, 4) is 0 Å². The van der Waals surface area contributed by atoms with Gasteiger partial charge in [-0.25, -0.2) is 0 Å². The Morgan fingerprint density at radius 3 is 2.08 bits per heavy atom. The summed E-state index contributed by atoms with van der Waals surface area (Å²) in [5.41, 5.74) is 9.68. The molecule has 1 heterocycles. The van der Waals surface area contributed by atoms with Crippen LogP contribution in [-0.2, 0) is 39.9 Å². The lowest BCUT2D eigenvalue weighted by Gasteiger charge is -2.41. The molecule has 1 aliphatic heterocycles. The molecule has 1 aliphatic rings. The molecule has 16 nitrogen and oxygen atoms in total. The van der Waals surface area contributed by atoms with Crippen LogP contribution in [0.15, 0.2) is 35.4 Å². The first kappa shape index (κ1) is 50.9. The van der Waals surface area contributed by atoms with E-state index in [0.717, 1.165) is 5.56 Å². The summed E-state index contributed by atoms with van der Waals surface area (Å²) in [6.45, 7) is 17.2. The predicted molar refractivity (Wildman–Crippen MR) is 229 cm³/mol. The van der Waals surface area contributed by atoms with Crippen molar-refractivity contribution in [3.63, 3.8) is 0 Å². The fourth-order valence-electron chi connectivity index (χ4n) is 8.25. The molecule has 0 aliphatic carbocycles. The summed E-state index contributed by atoms with van der Waals surface area (Å²) in [5, 5.41) is 12.6. The maximum absolute atomic E-state index is 14.4. The van der Waals surface area contributed by atoms with Gasteiger partial charge in [-0.1, -0.05) is 83.4 Å². The molecule has 59 heavy (non-hydrogen) atoms. The van der Waals surface area contributed by atoms with E-state index in [9.17, 15) is 29.5 Å². The predicted octanol–water partition coefficient (Wildman–Crippen LogP) is 4.32. The minimum atomic E-state index is -1.17. The van der Waals surface area contributed by atoms with E-state index in [0.29, 0.717) is 32.2 Å². The number of rotatable bonds is 22. The maximum Gasteiger partial charge on any atom is 0.245 e. The average molecular weight is 828 g/mol. The Morgan fingerprint density at radius 1 is 0.949 bits per heavy atom. The average Bonchev–Trinajstić information content (AvgIpc) is 3.65. The van der Waals surface area contributed by atoms with Crippen LogP contribution in [0.5, 0.6) is 0 Å². The van der Waals surface area contributed by atoms with Crippen LogP contribution in [0.3, 0.4) is 0 Å². The van der Waals surface area contributed by atoms with Gasteiger partial charge in [0.25, 0.3) is 0 Å². The summed E-state index contributed by atoms with van der Waals surface area (Å²) in [7, 11) is 8.22. The summed E-state index contributed by atoms with van der Waals surface area (Å²) >= 11 is 0. The quantitative estimate of drug-likeness (QED) is 0.0873. The first-order valence-electron chi connectivity index (χ1n) is 20.9. The van der Waals surface area contributed by atoms with Crippen LogP contribution in [0.25, 0.3) is 10.4 Å². The van der Waals surface area contributed by atoms with E-state index in [1.165, 1.54) is 19.1 Å². The van der Waals surface area contributed by atoms with E-state index in [1.54, 1.807) is 44.8 Å². The Morgan fingerprint density at radius 2 is 1.58 bits per heavy atom. The van der Waals surface area contributed by atoms with Crippen molar-refractivity contribution in [2.24, 2.45) is 22.9 Å². The molecule has 0 bridgehead atoms. The van der Waals surface area contributed by atoms with E-state index in [4.69, 9.17) is 9.47 Å². The number of hydrogen-bond acceptors (Lipinski definition) is 9. The topological polar surface area (TPSA) is 198 Å². The zero-order valence-electron chi connectivity index (χ0n) is 38.0. The van der Waals surface area contributed by atoms with E-state index in [1.807, 2.05) is 78.8 Å². The van der Waals surface area contributed by atoms with Crippen molar-refractivity contribution in [2.75, 3.05) is 41.9 Å². The van der Waals surface area contributed by atoms with Crippen LogP contribution < -0.4 is 16.0 Å². The lowest BCUT2D eigenvalue weighted by atomic mass is 9.89. The minimum absolute atomic E-state index is 0.0639. The zero-order valence-corrected chi connectivity index (χ0v) is 38.0. The molecule has 5 amide bonds. The minimum Gasteiger partial charge on any atom is -0.379 e. The molecule has 9 unspecified atom stereocenters. The molecule has 332 valence electrons. The number of likely N-dealkylation sites (N-methyl/N-ethyl adjacent to an activating group) is 2. The molecule has 0 radical (unpaired) electrons. The number of benzene rings is 1.